The van der Waals surface area contributed by atoms with Gasteiger partial charge in [0.25, 0.3) is 11.5 Å². The summed E-state index contributed by atoms with van der Waals surface area (Å²) in [6.07, 6.45) is 2.37. The molecule has 7 heteroatoms. The highest BCUT2D eigenvalue weighted by atomic mass is 16.4. The van der Waals surface area contributed by atoms with Crippen molar-refractivity contribution in [3.05, 3.63) is 34.2 Å². The Morgan fingerprint density at radius 1 is 1.36 bits per heavy atom. The van der Waals surface area contributed by atoms with Crippen molar-refractivity contribution in [2.75, 3.05) is 19.6 Å². The minimum atomic E-state index is -0.788. The molecule has 0 radical (unpaired) electrons. The zero-order valence-corrected chi connectivity index (χ0v) is 15.1. The van der Waals surface area contributed by atoms with Gasteiger partial charge in [-0.3, -0.25) is 14.4 Å². The highest BCUT2D eigenvalue weighted by molar-refractivity contribution is 5.94. The molecule has 0 bridgehead atoms. The van der Waals surface area contributed by atoms with Crippen molar-refractivity contribution in [1.29, 1.82) is 0 Å². The van der Waals surface area contributed by atoms with Crippen LogP contribution in [0.1, 0.15) is 37.0 Å². The van der Waals surface area contributed by atoms with Crippen molar-refractivity contribution in [2.24, 2.45) is 18.9 Å². The predicted molar refractivity (Wildman–Crippen MR) is 94.6 cm³/mol. The first-order valence-electron chi connectivity index (χ1n) is 8.70. The first-order valence-corrected chi connectivity index (χ1v) is 8.70. The molecule has 0 spiro atoms. The van der Waals surface area contributed by atoms with Crippen LogP contribution in [0.25, 0.3) is 0 Å². The smallest absolute Gasteiger partial charge is 0.303 e. The summed E-state index contributed by atoms with van der Waals surface area (Å²) < 4.78 is 1.39. The van der Waals surface area contributed by atoms with Gasteiger partial charge < -0.3 is 19.9 Å². The Morgan fingerprint density at radius 2 is 2.08 bits per heavy atom. The van der Waals surface area contributed by atoms with Crippen molar-refractivity contribution in [1.82, 2.24) is 14.8 Å². The van der Waals surface area contributed by atoms with Gasteiger partial charge in [0.15, 0.2) is 0 Å². The van der Waals surface area contributed by atoms with E-state index < -0.39 is 5.97 Å². The van der Waals surface area contributed by atoms with E-state index in [0.29, 0.717) is 25.4 Å². The average Bonchev–Trinajstić information content (AvgIpc) is 2.92. The van der Waals surface area contributed by atoms with Crippen molar-refractivity contribution < 1.29 is 14.7 Å². The molecule has 0 aromatic carbocycles. The van der Waals surface area contributed by atoms with Crippen molar-refractivity contribution in [3.63, 3.8) is 0 Å². The van der Waals surface area contributed by atoms with E-state index in [9.17, 15) is 14.4 Å². The fraction of sp³-hybridized carbons (Fsp3) is 0.611. The van der Waals surface area contributed by atoms with Gasteiger partial charge in [0.2, 0.25) is 0 Å². The molecule has 1 fully saturated rings. The molecule has 25 heavy (non-hydrogen) atoms. The number of carbonyl (C=O) groups excluding carboxylic acids is 1. The van der Waals surface area contributed by atoms with Crippen LogP contribution in [-0.2, 0) is 11.8 Å². The van der Waals surface area contributed by atoms with Crippen LogP contribution in [0.4, 0.5) is 0 Å². The number of carboxylic acid groups (broad SMARTS) is 1. The topological polar surface area (TPSA) is 91.6 Å². The molecule has 1 amide bonds. The molecule has 2 N–H and O–H groups in total. The summed E-state index contributed by atoms with van der Waals surface area (Å²) in [5.41, 5.74) is -0.158. The van der Waals surface area contributed by atoms with Gasteiger partial charge in [-0.05, 0) is 36.9 Å². The summed E-state index contributed by atoms with van der Waals surface area (Å²) in [4.78, 5) is 37.5. The van der Waals surface area contributed by atoms with E-state index in [1.807, 2.05) is 0 Å². The molecule has 0 unspecified atom stereocenters. The van der Waals surface area contributed by atoms with E-state index in [2.05, 4.69) is 24.1 Å². The second-order valence-electron chi connectivity index (χ2n) is 7.08. The Hall–Kier alpha value is -2.15. The van der Waals surface area contributed by atoms with Crippen LogP contribution >= 0.6 is 0 Å². The third-order valence-corrected chi connectivity index (χ3v) is 4.85. The Labute approximate surface area is 147 Å². The fourth-order valence-corrected chi connectivity index (χ4v) is 3.39. The summed E-state index contributed by atoms with van der Waals surface area (Å²) in [6, 6.07) is 3.19. The van der Waals surface area contributed by atoms with Crippen LogP contribution in [0.3, 0.4) is 0 Å². The molecule has 0 aliphatic carbocycles. The number of nitrogens with zero attached hydrogens (tertiary/aromatic N) is 2. The maximum Gasteiger partial charge on any atom is 0.303 e. The number of carboxylic acids is 1. The first-order chi connectivity index (χ1) is 11.8. The number of carbonyl (C=O) groups is 2. The highest BCUT2D eigenvalue weighted by Gasteiger charge is 2.35. The largest absolute Gasteiger partial charge is 0.481 e. The first kappa shape index (κ1) is 19.2. The van der Waals surface area contributed by atoms with Crippen molar-refractivity contribution >= 4 is 11.9 Å². The molecule has 1 aromatic rings. The van der Waals surface area contributed by atoms with Gasteiger partial charge in [0, 0.05) is 38.8 Å². The number of amides is 1. The molecule has 1 saturated heterocycles. The van der Waals surface area contributed by atoms with Crippen LogP contribution in [0.15, 0.2) is 23.1 Å². The third-order valence-electron chi connectivity index (χ3n) is 4.85. The third kappa shape index (κ3) is 4.92. The van der Waals surface area contributed by atoms with E-state index in [4.69, 9.17) is 5.11 Å². The van der Waals surface area contributed by atoms with Gasteiger partial charge >= 0.3 is 5.97 Å². The molecule has 2 heterocycles. The summed E-state index contributed by atoms with van der Waals surface area (Å²) in [5.74, 6) is -0.469. The lowest BCUT2D eigenvalue weighted by molar-refractivity contribution is -0.137. The number of pyridine rings is 1. The number of likely N-dealkylation sites (tertiary alicyclic amines) is 1. The number of aromatic nitrogens is 1. The molecular weight excluding hydrogens is 322 g/mol. The maximum absolute atomic E-state index is 12.5. The number of aliphatic carboxylic acids is 1. The second-order valence-corrected chi connectivity index (χ2v) is 7.08. The highest BCUT2D eigenvalue weighted by Crippen LogP contribution is 2.25. The zero-order chi connectivity index (χ0) is 18.6. The van der Waals surface area contributed by atoms with Crippen molar-refractivity contribution in [3.8, 4) is 0 Å². The van der Waals surface area contributed by atoms with E-state index in [0.717, 1.165) is 6.54 Å². The summed E-state index contributed by atoms with van der Waals surface area (Å²) in [5, 5.41) is 11.8. The van der Waals surface area contributed by atoms with Gasteiger partial charge in [-0.15, -0.1) is 0 Å². The van der Waals surface area contributed by atoms with Crippen LogP contribution in [0.2, 0.25) is 0 Å². The van der Waals surface area contributed by atoms with E-state index >= 15 is 0 Å². The number of nitrogens with one attached hydrogen (secondary N) is 1. The molecule has 0 saturated carbocycles. The molecule has 1 aliphatic heterocycles. The number of hydrogen-bond acceptors (Lipinski definition) is 4. The van der Waals surface area contributed by atoms with Crippen LogP contribution in [0, 0.1) is 11.8 Å². The summed E-state index contributed by atoms with van der Waals surface area (Å²) in [6.45, 7) is 6.45. The zero-order valence-electron chi connectivity index (χ0n) is 15.1. The quantitative estimate of drug-likeness (QED) is 0.764. The predicted octanol–water partition coefficient (Wildman–Crippen LogP) is 0.936. The Kier molecular flexibility index (Phi) is 6.36. The van der Waals surface area contributed by atoms with Crippen LogP contribution in [0.5, 0.6) is 0 Å². The summed E-state index contributed by atoms with van der Waals surface area (Å²) >= 11 is 0. The molecule has 2 atom stereocenters. The van der Waals surface area contributed by atoms with Crippen molar-refractivity contribution in [2.45, 2.75) is 32.7 Å². The van der Waals surface area contributed by atoms with E-state index in [1.165, 1.54) is 4.57 Å². The molecular formula is C18H27N3O4. The molecule has 1 aromatic heterocycles. The maximum atomic E-state index is 12.5. The molecule has 2 rings (SSSR count). The summed E-state index contributed by atoms with van der Waals surface area (Å²) in [7, 11) is 1.62. The molecule has 7 nitrogen and oxygen atoms in total. The van der Waals surface area contributed by atoms with Crippen LogP contribution in [-0.4, -0.2) is 52.1 Å². The van der Waals surface area contributed by atoms with Gasteiger partial charge in [0.1, 0.15) is 5.56 Å². The lowest BCUT2D eigenvalue weighted by atomic mass is 9.91. The Bertz CT molecular complexity index is 683. The monoisotopic (exact) mass is 349 g/mol. The Morgan fingerprint density at radius 3 is 2.72 bits per heavy atom. The fourth-order valence-electron chi connectivity index (χ4n) is 3.39. The standard InChI is InChI=1S/C18H27N3O4/c1-12(2)14-10-21(9-5-7-16(22)23)11-15(14)19-17(24)13-6-4-8-20(3)18(13)25/h4,6,8,12,14-15H,5,7,9-11H2,1-3H3,(H,19,24)(H,22,23)/t14-,15+/m0/s1. The molecule has 138 valence electrons. The average molecular weight is 349 g/mol. The van der Waals surface area contributed by atoms with E-state index in [1.54, 1.807) is 25.4 Å². The minimum Gasteiger partial charge on any atom is -0.481 e. The normalized spacial score (nSPS) is 20.8. The minimum absolute atomic E-state index is 0.0396. The van der Waals surface area contributed by atoms with Crippen LogP contribution < -0.4 is 10.9 Å². The molecule has 1 aliphatic rings. The number of rotatable bonds is 7. The van der Waals surface area contributed by atoms with Gasteiger partial charge in [0.05, 0.1) is 0 Å². The van der Waals surface area contributed by atoms with Gasteiger partial charge in [-0.1, -0.05) is 13.8 Å². The number of hydrogen-bond donors (Lipinski definition) is 2. The SMILES string of the molecule is CC(C)[C@@H]1CN(CCCC(=O)O)C[C@H]1NC(=O)c1cccn(C)c1=O. The lowest BCUT2D eigenvalue weighted by Gasteiger charge is -2.23. The van der Waals surface area contributed by atoms with Gasteiger partial charge in [-0.2, -0.15) is 0 Å². The Balaban J connectivity index is 2.03. The lowest BCUT2D eigenvalue weighted by Crippen LogP contribution is -2.44. The van der Waals surface area contributed by atoms with Gasteiger partial charge in [-0.25, -0.2) is 0 Å². The second kappa shape index (κ2) is 8.29. The van der Waals surface area contributed by atoms with E-state index in [-0.39, 0.29) is 35.4 Å². The number of aryl methyl sites for hydroxylation is 1.